The predicted octanol–water partition coefficient (Wildman–Crippen LogP) is 4.03. The van der Waals surface area contributed by atoms with Crippen LogP contribution in [0.15, 0.2) is 42.5 Å². The third kappa shape index (κ3) is 8.39. The van der Waals surface area contributed by atoms with Crippen molar-refractivity contribution in [3.8, 4) is 11.5 Å². The quantitative estimate of drug-likeness (QED) is 0.618. The standard InChI is InChI=1S/C22H29FN2O4/c1-22(2,3)29-21(26)25-12-11-24-14-17-7-10-19(20(13-17)27-4)28-15-16-5-8-18(23)9-6-16/h5-10,13,24H,11-12,14-15H2,1-4H3,(H,25,26). The molecule has 0 saturated heterocycles. The first kappa shape index (κ1) is 22.5. The van der Waals surface area contributed by atoms with Crippen LogP contribution in [0.5, 0.6) is 11.5 Å². The molecule has 0 fully saturated rings. The van der Waals surface area contributed by atoms with E-state index in [9.17, 15) is 9.18 Å². The Hall–Kier alpha value is -2.80. The van der Waals surface area contributed by atoms with E-state index in [1.165, 1.54) is 12.1 Å². The lowest BCUT2D eigenvalue weighted by atomic mass is 10.2. The van der Waals surface area contributed by atoms with Crippen LogP contribution in [-0.2, 0) is 17.9 Å². The second-order valence-corrected chi connectivity index (χ2v) is 7.51. The molecule has 2 aromatic carbocycles. The number of halogens is 1. The van der Waals surface area contributed by atoms with E-state index >= 15 is 0 Å². The molecule has 0 aromatic heterocycles. The van der Waals surface area contributed by atoms with Gasteiger partial charge in [-0.2, -0.15) is 0 Å². The van der Waals surface area contributed by atoms with Crippen molar-refractivity contribution >= 4 is 6.09 Å². The van der Waals surface area contributed by atoms with Gasteiger partial charge in [-0.25, -0.2) is 9.18 Å². The van der Waals surface area contributed by atoms with E-state index in [2.05, 4.69) is 10.6 Å². The topological polar surface area (TPSA) is 68.8 Å². The first-order valence-electron chi connectivity index (χ1n) is 9.48. The number of carbonyl (C=O) groups excluding carboxylic acids is 1. The van der Waals surface area contributed by atoms with Crippen LogP contribution in [0.3, 0.4) is 0 Å². The first-order valence-corrected chi connectivity index (χ1v) is 9.48. The smallest absolute Gasteiger partial charge is 0.407 e. The summed E-state index contributed by atoms with van der Waals surface area (Å²) in [5, 5.41) is 5.95. The highest BCUT2D eigenvalue weighted by Gasteiger charge is 2.15. The van der Waals surface area contributed by atoms with Crippen molar-refractivity contribution in [3.05, 3.63) is 59.4 Å². The Labute approximate surface area is 171 Å². The SMILES string of the molecule is COc1cc(CNCCNC(=O)OC(C)(C)C)ccc1OCc1ccc(F)cc1. The molecule has 0 saturated carbocycles. The number of ether oxygens (including phenoxy) is 3. The Morgan fingerprint density at radius 2 is 1.69 bits per heavy atom. The van der Waals surface area contributed by atoms with Crippen LogP contribution < -0.4 is 20.1 Å². The first-order chi connectivity index (χ1) is 13.8. The van der Waals surface area contributed by atoms with E-state index in [0.717, 1.165) is 11.1 Å². The molecule has 0 radical (unpaired) electrons. The van der Waals surface area contributed by atoms with E-state index in [0.29, 0.717) is 37.7 Å². The number of hydrogen-bond acceptors (Lipinski definition) is 5. The summed E-state index contributed by atoms with van der Waals surface area (Å²) in [4.78, 5) is 11.6. The third-order valence-corrected chi connectivity index (χ3v) is 3.83. The van der Waals surface area contributed by atoms with Crippen LogP contribution in [-0.4, -0.2) is 31.9 Å². The van der Waals surface area contributed by atoms with E-state index in [-0.39, 0.29) is 5.82 Å². The molecule has 0 aliphatic carbocycles. The Balaban J connectivity index is 1.77. The normalized spacial score (nSPS) is 11.1. The number of nitrogens with one attached hydrogen (secondary N) is 2. The molecule has 2 rings (SSSR count). The number of methoxy groups -OCH3 is 1. The third-order valence-electron chi connectivity index (χ3n) is 3.83. The van der Waals surface area contributed by atoms with Crippen molar-refractivity contribution in [2.45, 2.75) is 39.5 Å². The average molecular weight is 404 g/mol. The Bertz CT molecular complexity index is 788. The minimum absolute atomic E-state index is 0.274. The second-order valence-electron chi connectivity index (χ2n) is 7.51. The summed E-state index contributed by atoms with van der Waals surface area (Å²) in [5.74, 6) is 0.968. The molecule has 6 nitrogen and oxygen atoms in total. The van der Waals surface area contributed by atoms with Crippen molar-refractivity contribution in [3.63, 3.8) is 0 Å². The van der Waals surface area contributed by atoms with Crippen molar-refractivity contribution < 1.29 is 23.4 Å². The second kappa shape index (κ2) is 10.7. The summed E-state index contributed by atoms with van der Waals surface area (Å²) in [6, 6.07) is 11.9. The van der Waals surface area contributed by atoms with Crippen molar-refractivity contribution in [2.24, 2.45) is 0 Å². The van der Waals surface area contributed by atoms with Crippen LogP contribution in [0, 0.1) is 5.82 Å². The highest BCUT2D eigenvalue weighted by atomic mass is 19.1. The van der Waals surface area contributed by atoms with Gasteiger partial charge in [-0.05, 0) is 56.2 Å². The molecular formula is C22H29FN2O4. The number of amides is 1. The number of alkyl carbamates (subject to hydrolysis) is 1. The van der Waals surface area contributed by atoms with Crippen LogP contribution in [0.1, 0.15) is 31.9 Å². The van der Waals surface area contributed by atoms with Gasteiger partial charge < -0.3 is 24.8 Å². The predicted molar refractivity (Wildman–Crippen MR) is 110 cm³/mol. The maximum Gasteiger partial charge on any atom is 0.407 e. The fourth-order valence-electron chi connectivity index (χ4n) is 2.48. The molecule has 7 heteroatoms. The number of benzene rings is 2. The summed E-state index contributed by atoms with van der Waals surface area (Å²) in [7, 11) is 1.59. The summed E-state index contributed by atoms with van der Waals surface area (Å²) in [6.07, 6.45) is -0.427. The van der Waals surface area contributed by atoms with Gasteiger partial charge in [0.25, 0.3) is 0 Å². The maximum atomic E-state index is 13.0. The van der Waals surface area contributed by atoms with Gasteiger partial charge in [0.2, 0.25) is 0 Å². The molecule has 1 amide bonds. The molecular weight excluding hydrogens is 375 g/mol. The molecule has 0 aliphatic rings. The van der Waals surface area contributed by atoms with Gasteiger partial charge in [0.15, 0.2) is 11.5 Å². The van der Waals surface area contributed by atoms with Crippen LogP contribution in [0.4, 0.5) is 9.18 Å². The molecule has 0 aliphatic heterocycles. The largest absolute Gasteiger partial charge is 0.493 e. The molecule has 0 atom stereocenters. The van der Waals surface area contributed by atoms with Crippen LogP contribution >= 0.6 is 0 Å². The lowest BCUT2D eigenvalue weighted by molar-refractivity contribution is 0.0528. The van der Waals surface area contributed by atoms with Gasteiger partial charge in [-0.3, -0.25) is 0 Å². The number of carbonyl (C=O) groups is 1. The fraction of sp³-hybridized carbons (Fsp3) is 0.409. The molecule has 0 unspecified atom stereocenters. The van der Waals surface area contributed by atoms with Crippen molar-refractivity contribution in [1.29, 1.82) is 0 Å². The van der Waals surface area contributed by atoms with Crippen LogP contribution in [0.2, 0.25) is 0 Å². The number of hydrogen-bond donors (Lipinski definition) is 2. The zero-order valence-corrected chi connectivity index (χ0v) is 17.4. The summed E-state index contributed by atoms with van der Waals surface area (Å²) >= 11 is 0. The van der Waals surface area contributed by atoms with Gasteiger partial charge in [0.05, 0.1) is 7.11 Å². The zero-order chi connectivity index (χ0) is 21.3. The molecule has 0 heterocycles. The van der Waals surface area contributed by atoms with Gasteiger partial charge in [-0.1, -0.05) is 18.2 Å². The zero-order valence-electron chi connectivity index (χ0n) is 17.4. The highest BCUT2D eigenvalue weighted by Crippen LogP contribution is 2.28. The molecule has 0 spiro atoms. The Kier molecular flexibility index (Phi) is 8.27. The minimum Gasteiger partial charge on any atom is -0.493 e. The summed E-state index contributed by atoms with van der Waals surface area (Å²) in [6.45, 7) is 7.48. The fourth-order valence-corrected chi connectivity index (χ4v) is 2.48. The van der Waals surface area contributed by atoms with E-state index in [1.54, 1.807) is 19.2 Å². The molecule has 29 heavy (non-hydrogen) atoms. The lowest BCUT2D eigenvalue weighted by Gasteiger charge is -2.19. The maximum absolute atomic E-state index is 13.0. The van der Waals surface area contributed by atoms with Gasteiger partial charge in [0, 0.05) is 19.6 Å². The van der Waals surface area contributed by atoms with E-state index in [4.69, 9.17) is 14.2 Å². The van der Waals surface area contributed by atoms with Crippen molar-refractivity contribution in [1.82, 2.24) is 10.6 Å². The van der Waals surface area contributed by atoms with Gasteiger partial charge in [0.1, 0.15) is 18.0 Å². The minimum atomic E-state index is -0.505. The van der Waals surface area contributed by atoms with Crippen molar-refractivity contribution in [2.75, 3.05) is 20.2 Å². The molecule has 0 bridgehead atoms. The Morgan fingerprint density at radius 1 is 1.00 bits per heavy atom. The summed E-state index contributed by atoms with van der Waals surface area (Å²) < 4.78 is 29.4. The highest BCUT2D eigenvalue weighted by molar-refractivity contribution is 5.67. The average Bonchev–Trinajstić information content (AvgIpc) is 2.66. The monoisotopic (exact) mass is 404 g/mol. The molecule has 158 valence electrons. The number of rotatable bonds is 9. The van der Waals surface area contributed by atoms with E-state index in [1.807, 2.05) is 39.0 Å². The Morgan fingerprint density at radius 3 is 2.34 bits per heavy atom. The van der Waals surface area contributed by atoms with Gasteiger partial charge >= 0.3 is 6.09 Å². The van der Waals surface area contributed by atoms with Gasteiger partial charge in [-0.15, -0.1) is 0 Å². The van der Waals surface area contributed by atoms with E-state index < -0.39 is 11.7 Å². The molecule has 2 aromatic rings. The lowest BCUT2D eigenvalue weighted by Crippen LogP contribution is -2.36. The van der Waals surface area contributed by atoms with Crippen LogP contribution in [0.25, 0.3) is 0 Å². The molecule has 2 N–H and O–H groups in total. The summed E-state index contributed by atoms with van der Waals surface area (Å²) in [5.41, 5.74) is 1.39.